The first kappa shape index (κ1) is 12.3. The van der Waals surface area contributed by atoms with E-state index in [4.69, 9.17) is 0 Å². The molecule has 88 valence electrons. The van der Waals surface area contributed by atoms with E-state index in [-0.39, 0.29) is 0 Å². The predicted octanol–water partition coefficient (Wildman–Crippen LogP) is 3.38. The topological polar surface area (TPSA) is 3.24 Å². The van der Waals surface area contributed by atoms with Crippen molar-refractivity contribution >= 4 is 27.7 Å². The Hall–Kier alpha value is 0.790. The van der Waals surface area contributed by atoms with Gasteiger partial charge in [-0.05, 0) is 18.3 Å². The van der Waals surface area contributed by atoms with Gasteiger partial charge in [-0.2, -0.15) is 11.8 Å². The molecule has 1 nitrogen and oxygen atoms in total. The second kappa shape index (κ2) is 5.42. The first-order chi connectivity index (χ1) is 7.24. The van der Waals surface area contributed by atoms with Crippen LogP contribution >= 0.6 is 27.7 Å². The summed E-state index contributed by atoms with van der Waals surface area (Å²) in [7, 11) is 0. The van der Waals surface area contributed by atoms with Crippen LogP contribution in [0.2, 0.25) is 0 Å². The highest BCUT2D eigenvalue weighted by Gasteiger charge is 2.35. The van der Waals surface area contributed by atoms with E-state index in [2.05, 4.69) is 39.5 Å². The van der Waals surface area contributed by atoms with Gasteiger partial charge in [0.05, 0.1) is 0 Å². The van der Waals surface area contributed by atoms with Crippen LogP contribution in [0.5, 0.6) is 0 Å². The standard InChI is InChI=1S/C12H22BrNS/c1-11-8-14(6-7-15-11)10-12(9-13)4-2-3-5-12/h11H,2-10H2,1H3. The zero-order chi connectivity index (χ0) is 10.7. The zero-order valence-electron chi connectivity index (χ0n) is 9.67. The number of rotatable bonds is 3. The Kier molecular flexibility index (Phi) is 4.42. The number of thioether (sulfide) groups is 1. The first-order valence-corrected chi connectivity index (χ1v) is 8.31. The van der Waals surface area contributed by atoms with Gasteiger partial charge in [0.1, 0.15) is 0 Å². The van der Waals surface area contributed by atoms with Gasteiger partial charge >= 0.3 is 0 Å². The summed E-state index contributed by atoms with van der Waals surface area (Å²) in [6.45, 7) is 6.32. The summed E-state index contributed by atoms with van der Waals surface area (Å²) < 4.78 is 0. The smallest absolute Gasteiger partial charge is 0.0147 e. The lowest BCUT2D eigenvalue weighted by atomic mass is 9.88. The van der Waals surface area contributed by atoms with E-state index in [9.17, 15) is 0 Å². The molecule has 0 N–H and O–H groups in total. The molecule has 3 heteroatoms. The van der Waals surface area contributed by atoms with E-state index in [1.54, 1.807) is 0 Å². The lowest BCUT2D eigenvalue weighted by molar-refractivity contribution is 0.178. The summed E-state index contributed by atoms with van der Waals surface area (Å²) in [6.07, 6.45) is 5.78. The number of hydrogen-bond acceptors (Lipinski definition) is 2. The molecule has 1 unspecified atom stereocenters. The molecule has 0 bridgehead atoms. The van der Waals surface area contributed by atoms with Crippen LogP contribution in [-0.2, 0) is 0 Å². The maximum Gasteiger partial charge on any atom is 0.0147 e. The van der Waals surface area contributed by atoms with Crippen LogP contribution in [0.4, 0.5) is 0 Å². The summed E-state index contributed by atoms with van der Waals surface area (Å²) in [5.74, 6) is 1.33. The van der Waals surface area contributed by atoms with Crippen molar-refractivity contribution in [3.63, 3.8) is 0 Å². The monoisotopic (exact) mass is 291 g/mol. The van der Waals surface area contributed by atoms with Crippen molar-refractivity contribution in [3.05, 3.63) is 0 Å². The average molecular weight is 292 g/mol. The van der Waals surface area contributed by atoms with Gasteiger partial charge < -0.3 is 4.90 Å². The van der Waals surface area contributed by atoms with Gasteiger partial charge in [0.2, 0.25) is 0 Å². The summed E-state index contributed by atoms with van der Waals surface area (Å²) in [4.78, 5) is 2.70. The van der Waals surface area contributed by atoms with Crippen LogP contribution in [0.1, 0.15) is 32.6 Å². The second-order valence-electron chi connectivity index (χ2n) is 5.26. The van der Waals surface area contributed by atoms with Gasteiger partial charge in [-0.1, -0.05) is 35.7 Å². The molecule has 1 atom stereocenters. The second-order valence-corrected chi connectivity index (χ2v) is 7.36. The minimum absolute atomic E-state index is 0.613. The SMILES string of the molecule is CC1CN(CC2(CBr)CCCC2)CCS1. The molecule has 0 amide bonds. The molecule has 0 spiro atoms. The molecule has 2 fully saturated rings. The van der Waals surface area contributed by atoms with Gasteiger partial charge in [-0.15, -0.1) is 0 Å². The van der Waals surface area contributed by atoms with Crippen molar-refractivity contribution < 1.29 is 0 Å². The van der Waals surface area contributed by atoms with Crippen LogP contribution in [0.15, 0.2) is 0 Å². The minimum atomic E-state index is 0.613. The van der Waals surface area contributed by atoms with Crippen LogP contribution in [0, 0.1) is 5.41 Å². The fourth-order valence-corrected chi connectivity index (χ4v) is 4.79. The van der Waals surface area contributed by atoms with Gasteiger partial charge in [0.15, 0.2) is 0 Å². The fraction of sp³-hybridized carbons (Fsp3) is 1.00. The minimum Gasteiger partial charge on any atom is -0.301 e. The highest BCUT2D eigenvalue weighted by molar-refractivity contribution is 9.09. The summed E-state index contributed by atoms with van der Waals surface area (Å²) >= 11 is 5.88. The van der Waals surface area contributed by atoms with Gasteiger partial charge in [0, 0.05) is 36.0 Å². The quantitative estimate of drug-likeness (QED) is 0.734. The van der Waals surface area contributed by atoms with E-state index < -0.39 is 0 Å². The molecule has 1 aliphatic heterocycles. The number of nitrogens with zero attached hydrogens (tertiary/aromatic N) is 1. The van der Waals surface area contributed by atoms with E-state index in [1.807, 2.05) is 0 Å². The molecule has 0 radical (unpaired) electrons. The highest BCUT2D eigenvalue weighted by Crippen LogP contribution is 2.40. The van der Waals surface area contributed by atoms with E-state index in [0.717, 1.165) is 5.25 Å². The van der Waals surface area contributed by atoms with Gasteiger partial charge in [-0.25, -0.2) is 0 Å². The van der Waals surface area contributed by atoms with Crippen molar-refractivity contribution in [1.29, 1.82) is 0 Å². The molecular formula is C12H22BrNS. The Labute approximate surface area is 106 Å². The average Bonchev–Trinajstić information content (AvgIpc) is 2.67. The highest BCUT2D eigenvalue weighted by atomic mass is 79.9. The van der Waals surface area contributed by atoms with Crippen LogP contribution in [-0.4, -0.2) is 40.9 Å². The third-order valence-corrected chi connectivity index (χ3v) is 6.16. The molecule has 1 heterocycles. The predicted molar refractivity (Wildman–Crippen MR) is 73.1 cm³/mol. The maximum absolute atomic E-state index is 3.74. The lowest BCUT2D eigenvalue weighted by Gasteiger charge is -2.37. The molecule has 1 saturated carbocycles. The third-order valence-electron chi connectivity index (χ3n) is 3.83. The Morgan fingerprint density at radius 3 is 2.73 bits per heavy atom. The molecular weight excluding hydrogens is 270 g/mol. The van der Waals surface area contributed by atoms with E-state index >= 15 is 0 Å². The molecule has 1 saturated heterocycles. The molecule has 2 rings (SSSR count). The largest absolute Gasteiger partial charge is 0.301 e. The molecule has 0 aromatic heterocycles. The molecule has 0 aromatic carbocycles. The van der Waals surface area contributed by atoms with Crippen molar-refractivity contribution in [2.75, 3.05) is 30.7 Å². The van der Waals surface area contributed by atoms with Crippen molar-refractivity contribution in [2.24, 2.45) is 5.41 Å². The summed E-state index contributed by atoms with van der Waals surface area (Å²) in [5, 5.41) is 2.05. The van der Waals surface area contributed by atoms with Gasteiger partial charge in [-0.3, -0.25) is 0 Å². The van der Waals surface area contributed by atoms with Crippen LogP contribution in [0.3, 0.4) is 0 Å². The van der Waals surface area contributed by atoms with E-state index in [0.29, 0.717) is 5.41 Å². The molecule has 15 heavy (non-hydrogen) atoms. The van der Waals surface area contributed by atoms with Crippen molar-refractivity contribution in [3.8, 4) is 0 Å². The number of halogens is 1. The summed E-state index contributed by atoms with van der Waals surface area (Å²) in [5.41, 5.74) is 0.613. The third kappa shape index (κ3) is 3.13. The molecule has 2 aliphatic rings. The normalized spacial score (nSPS) is 32.0. The Morgan fingerprint density at radius 1 is 1.40 bits per heavy atom. The van der Waals surface area contributed by atoms with Crippen molar-refractivity contribution in [2.45, 2.75) is 37.9 Å². The Bertz CT molecular complexity index is 204. The first-order valence-electron chi connectivity index (χ1n) is 6.14. The van der Waals surface area contributed by atoms with E-state index in [1.165, 1.54) is 56.4 Å². The Morgan fingerprint density at radius 2 is 2.13 bits per heavy atom. The lowest BCUT2D eigenvalue weighted by Crippen LogP contribution is -2.43. The molecule has 0 aromatic rings. The van der Waals surface area contributed by atoms with Crippen LogP contribution < -0.4 is 0 Å². The number of alkyl halides is 1. The molecule has 1 aliphatic carbocycles. The van der Waals surface area contributed by atoms with Crippen LogP contribution in [0.25, 0.3) is 0 Å². The zero-order valence-corrected chi connectivity index (χ0v) is 12.1. The Balaban J connectivity index is 1.88. The maximum atomic E-state index is 3.74. The fourth-order valence-electron chi connectivity index (χ4n) is 2.97. The van der Waals surface area contributed by atoms with Gasteiger partial charge in [0.25, 0.3) is 0 Å². The number of hydrogen-bond donors (Lipinski definition) is 0. The summed E-state index contributed by atoms with van der Waals surface area (Å²) in [6, 6.07) is 0. The van der Waals surface area contributed by atoms with Crippen molar-refractivity contribution in [1.82, 2.24) is 4.90 Å².